The van der Waals surface area contributed by atoms with Gasteiger partial charge in [-0.2, -0.15) is 0 Å². The van der Waals surface area contributed by atoms with Gasteiger partial charge in [0.15, 0.2) is 0 Å². The van der Waals surface area contributed by atoms with Crippen LogP contribution >= 0.6 is 0 Å². The smallest absolute Gasteiger partial charge is 0.00346 e. The second-order valence-electron chi connectivity index (χ2n) is 6.59. The predicted molar refractivity (Wildman–Crippen MR) is 77.4 cm³/mol. The lowest BCUT2D eigenvalue weighted by atomic mass is 9.58. The highest BCUT2D eigenvalue weighted by atomic mass is 14.4. The lowest BCUT2D eigenvalue weighted by molar-refractivity contribution is 0.207. The maximum Gasteiger partial charge on any atom is 0.00346 e. The van der Waals surface area contributed by atoms with Crippen LogP contribution < -0.4 is 0 Å². The lowest BCUT2D eigenvalue weighted by Gasteiger charge is -2.46. The first kappa shape index (κ1) is 11.8. The van der Waals surface area contributed by atoms with Crippen LogP contribution in [0.3, 0.4) is 0 Å². The summed E-state index contributed by atoms with van der Waals surface area (Å²) in [6.07, 6.45) is 7.50. The van der Waals surface area contributed by atoms with Crippen molar-refractivity contribution in [2.24, 2.45) is 17.3 Å². The van der Waals surface area contributed by atoms with Gasteiger partial charge in [0.1, 0.15) is 0 Å². The fraction of sp³-hybridized carbons (Fsp3) is 0.444. The third-order valence-electron chi connectivity index (χ3n) is 4.67. The van der Waals surface area contributed by atoms with Gasteiger partial charge in [0.05, 0.1) is 0 Å². The van der Waals surface area contributed by atoms with E-state index in [4.69, 9.17) is 0 Å². The third kappa shape index (κ3) is 1.94. The first-order valence-corrected chi connectivity index (χ1v) is 6.99. The molecule has 0 nitrogen and oxygen atoms in total. The van der Waals surface area contributed by atoms with E-state index in [9.17, 15) is 0 Å². The number of rotatable bonds is 2. The lowest BCUT2D eigenvalue weighted by Crippen LogP contribution is -2.36. The van der Waals surface area contributed by atoms with E-state index in [1.807, 2.05) is 0 Å². The predicted octanol–water partition coefficient (Wildman–Crippen LogP) is 4.78. The van der Waals surface area contributed by atoms with Crippen LogP contribution in [0, 0.1) is 17.3 Å². The van der Waals surface area contributed by atoms with Gasteiger partial charge in [-0.3, -0.25) is 0 Å². The van der Waals surface area contributed by atoms with Crippen molar-refractivity contribution in [3.63, 3.8) is 0 Å². The standard InChI is InChI=1S/C18H22/c1-13-9-17-15(10-14-7-5-4-6-8-14)11-16(13)12-18(17,2)3/h4-9,11,16-17H,10,12H2,1-3H3. The fourth-order valence-electron chi connectivity index (χ4n) is 3.63. The molecule has 2 atom stereocenters. The van der Waals surface area contributed by atoms with Gasteiger partial charge in [0.25, 0.3) is 0 Å². The molecule has 0 spiro atoms. The summed E-state index contributed by atoms with van der Waals surface area (Å²) in [4.78, 5) is 0. The summed E-state index contributed by atoms with van der Waals surface area (Å²) in [5.41, 5.74) is 5.09. The van der Waals surface area contributed by atoms with Crippen molar-refractivity contribution < 1.29 is 0 Å². The number of fused-ring (bicyclic) bond motifs is 1. The Kier molecular flexibility index (Phi) is 2.69. The van der Waals surface area contributed by atoms with Gasteiger partial charge in [-0.15, -0.1) is 0 Å². The zero-order valence-electron chi connectivity index (χ0n) is 11.6. The van der Waals surface area contributed by atoms with Crippen molar-refractivity contribution in [3.05, 3.63) is 59.2 Å². The minimum absolute atomic E-state index is 0.434. The normalized spacial score (nSPS) is 28.8. The molecule has 3 aliphatic carbocycles. The molecule has 94 valence electrons. The van der Waals surface area contributed by atoms with Crippen molar-refractivity contribution in [2.75, 3.05) is 0 Å². The maximum atomic E-state index is 2.54. The summed E-state index contributed by atoms with van der Waals surface area (Å²) in [6.45, 7) is 7.14. The van der Waals surface area contributed by atoms with Crippen molar-refractivity contribution in [1.29, 1.82) is 0 Å². The van der Waals surface area contributed by atoms with E-state index < -0.39 is 0 Å². The van der Waals surface area contributed by atoms with Crippen molar-refractivity contribution in [2.45, 2.75) is 33.6 Å². The van der Waals surface area contributed by atoms with Gasteiger partial charge in [-0.25, -0.2) is 0 Å². The number of benzene rings is 1. The molecule has 0 heterocycles. The van der Waals surface area contributed by atoms with Crippen LogP contribution in [0.4, 0.5) is 0 Å². The van der Waals surface area contributed by atoms with Crippen molar-refractivity contribution in [3.8, 4) is 0 Å². The highest BCUT2D eigenvalue weighted by molar-refractivity contribution is 5.37. The number of hydrogen-bond acceptors (Lipinski definition) is 0. The van der Waals surface area contributed by atoms with Crippen LogP contribution in [0.5, 0.6) is 0 Å². The molecule has 3 aliphatic rings. The molecule has 4 rings (SSSR count). The number of hydrogen-bond donors (Lipinski definition) is 0. The molecule has 0 aliphatic heterocycles. The average Bonchev–Trinajstić information content (AvgIpc) is 2.32. The zero-order valence-corrected chi connectivity index (χ0v) is 11.6. The molecule has 0 saturated heterocycles. The molecular weight excluding hydrogens is 216 g/mol. The molecule has 0 N–H and O–H groups in total. The molecule has 18 heavy (non-hydrogen) atoms. The van der Waals surface area contributed by atoms with Gasteiger partial charge in [0.2, 0.25) is 0 Å². The topological polar surface area (TPSA) is 0 Å². The summed E-state index contributed by atoms with van der Waals surface area (Å²) in [7, 11) is 0. The van der Waals surface area contributed by atoms with E-state index in [-0.39, 0.29) is 0 Å². The third-order valence-corrected chi connectivity index (χ3v) is 4.67. The molecule has 0 aromatic heterocycles. The quantitative estimate of drug-likeness (QED) is 0.651. The molecule has 0 amide bonds. The van der Waals surface area contributed by atoms with Crippen LogP contribution in [-0.4, -0.2) is 0 Å². The molecular formula is C18H22. The van der Waals surface area contributed by atoms with Gasteiger partial charge in [-0.05, 0) is 36.7 Å². The van der Waals surface area contributed by atoms with Crippen LogP contribution in [0.1, 0.15) is 32.8 Å². The minimum atomic E-state index is 0.434. The molecule has 1 aromatic rings. The van der Waals surface area contributed by atoms with Crippen LogP contribution in [0.15, 0.2) is 53.6 Å². The Hall–Kier alpha value is -1.30. The largest absolute Gasteiger partial charge is 0.0773 e. The second kappa shape index (κ2) is 4.12. The van der Waals surface area contributed by atoms with Gasteiger partial charge < -0.3 is 0 Å². The van der Waals surface area contributed by atoms with E-state index in [0.717, 1.165) is 6.42 Å². The minimum Gasteiger partial charge on any atom is -0.0773 e. The summed E-state index contributed by atoms with van der Waals surface area (Å²) in [6, 6.07) is 10.9. The molecule has 2 bridgehead atoms. The van der Waals surface area contributed by atoms with Gasteiger partial charge in [-0.1, -0.05) is 67.5 Å². The summed E-state index contributed by atoms with van der Waals surface area (Å²) < 4.78 is 0. The Bertz CT molecular complexity index is 502. The molecule has 1 aromatic carbocycles. The zero-order chi connectivity index (χ0) is 12.8. The van der Waals surface area contributed by atoms with Crippen LogP contribution in [0.25, 0.3) is 0 Å². The molecule has 0 fully saturated rings. The van der Waals surface area contributed by atoms with E-state index in [2.05, 4.69) is 63.3 Å². The Morgan fingerprint density at radius 2 is 1.83 bits per heavy atom. The maximum absolute atomic E-state index is 2.54. The first-order valence-electron chi connectivity index (χ1n) is 6.99. The van der Waals surface area contributed by atoms with Gasteiger partial charge >= 0.3 is 0 Å². The summed E-state index contributed by atoms with van der Waals surface area (Å²) in [5.74, 6) is 1.33. The molecule has 2 unspecified atom stereocenters. The Balaban J connectivity index is 1.89. The Morgan fingerprint density at radius 3 is 2.50 bits per heavy atom. The fourth-order valence-corrected chi connectivity index (χ4v) is 3.63. The molecule has 0 saturated carbocycles. The molecule has 0 radical (unpaired) electrons. The van der Waals surface area contributed by atoms with Crippen molar-refractivity contribution >= 4 is 0 Å². The highest BCUT2D eigenvalue weighted by Crippen LogP contribution is 2.51. The SMILES string of the molecule is CC1=CC2C(Cc3ccccc3)=CC1CC2(C)C. The monoisotopic (exact) mass is 238 g/mol. The van der Waals surface area contributed by atoms with E-state index in [0.29, 0.717) is 17.3 Å². The summed E-state index contributed by atoms with van der Waals surface area (Å²) >= 11 is 0. The highest BCUT2D eigenvalue weighted by Gasteiger charge is 2.40. The Labute approximate surface area is 110 Å². The van der Waals surface area contributed by atoms with E-state index in [1.54, 1.807) is 11.1 Å². The average molecular weight is 238 g/mol. The first-order chi connectivity index (χ1) is 8.56. The van der Waals surface area contributed by atoms with E-state index in [1.165, 1.54) is 12.0 Å². The summed E-state index contributed by atoms with van der Waals surface area (Å²) in [5, 5.41) is 0. The van der Waals surface area contributed by atoms with Gasteiger partial charge in [0, 0.05) is 5.92 Å². The number of allylic oxidation sites excluding steroid dienone is 4. The van der Waals surface area contributed by atoms with Crippen LogP contribution in [0.2, 0.25) is 0 Å². The molecule has 0 heteroatoms. The van der Waals surface area contributed by atoms with Crippen molar-refractivity contribution in [1.82, 2.24) is 0 Å². The van der Waals surface area contributed by atoms with E-state index >= 15 is 0 Å². The van der Waals surface area contributed by atoms with Crippen LogP contribution in [-0.2, 0) is 6.42 Å². The Morgan fingerprint density at radius 1 is 1.11 bits per heavy atom. The second-order valence-corrected chi connectivity index (χ2v) is 6.59.